The predicted octanol–water partition coefficient (Wildman–Crippen LogP) is 3.33. The Morgan fingerprint density at radius 3 is 2.79 bits per heavy atom. The van der Waals surface area contributed by atoms with Crippen molar-refractivity contribution in [3.05, 3.63) is 48.3 Å². The zero-order valence-electron chi connectivity index (χ0n) is 11.0. The summed E-state index contributed by atoms with van der Waals surface area (Å²) in [5.41, 5.74) is 1.04. The largest absolute Gasteiger partial charge is 0.478 e. The van der Waals surface area contributed by atoms with Crippen molar-refractivity contribution in [2.45, 2.75) is 13.3 Å². The van der Waals surface area contributed by atoms with Crippen LogP contribution < -0.4 is 4.90 Å². The molecule has 3 nitrogen and oxygen atoms in total. The van der Waals surface area contributed by atoms with E-state index in [1.807, 2.05) is 11.8 Å². The number of anilines is 1. The molecule has 0 spiro atoms. The van der Waals surface area contributed by atoms with E-state index in [2.05, 4.69) is 6.58 Å². The molecule has 0 aliphatic rings. The maximum absolute atomic E-state index is 14.0. The van der Waals surface area contributed by atoms with E-state index < -0.39 is 5.97 Å². The van der Waals surface area contributed by atoms with Crippen molar-refractivity contribution in [3.63, 3.8) is 0 Å². The lowest BCUT2D eigenvalue weighted by molar-refractivity contribution is -0.131. The van der Waals surface area contributed by atoms with Crippen LogP contribution in [0.5, 0.6) is 0 Å². The molecule has 1 N–H and O–H groups in total. The number of carboxylic acid groups (broad SMARTS) is 1. The minimum absolute atomic E-state index is 0.358. The highest BCUT2D eigenvalue weighted by molar-refractivity contribution is 5.85. The first-order valence-corrected chi connectivity index (χ1v) is 6.15. The molecule has 0 radical (unpaired) electrons. The van der Waals surface area contributed by atoms with E-state index in [1.54, 1.807) is 18.2 Å². The van der Waals surface area contributed by atoms with Crippen LogP contribution in [0.25, 0.3) is 6.08 Å². The van der Waals surface area contributed by atoms with Gasteiger partial charge in [-0.15, -0.1) is 6.58 Å². The summed E-state index contributed by atoms with van der Waals surface area (Å²) in [4.78, 5) is 12.3. The first-order valence-electron chi connectivity index (χ1n) is 6.15. The van der Waals surface area contributed by atoms with Crippen molar-refractivity contribution in [3.8, 4) is 0 Å². The number of carboxylic acids is 1. The van der Waals surface area contributed by atoms with E-state index in [0.717, 1.165) is 19.0 Å². The van der Waals surface area contributed by atoms with Gasteiger partial charge in [0, 0.05) is 19.2 Å². The summed E-state index contributed by atoms with van der Waals surface area (Å²) in [6.45, 7) is 7.01. The van der Waals surface area contributed by atoms with Crippen LogP contribution in [-0.2, 0) is 4.79 Å². The van der Waals surface area contributed by atoms with Gasteiger partial charge in [0.25, 0.3) is 0 Å². The summed E-state index contributed by atoms with van der Waals surface area (Å²) in [6, 6.07) is 4.69. The van der Waals surface area contributed by atoms with Crippen LogP contribution >= 0.6 is 0 Å². The van der Waals surface area contributed by atoms with Crippen LogP contribution in [0.1, 0.15) is 18.9 Å². The number of nitrogens with zero attached hydrogens (tertiary/aromatic N) is 1. The Hall–Kier alpha value is -2.10. The highest BCUT2D eigenvalue weighted by Crippen LogP contribution is 2.21. The van der Waals surface area contributed by atoms with E-state index in [-0.39, 0.29) is 5.82 Å². The molecule has 4 heteroatoms. The maximum Gasteiger partial charge on any atom is 0.328 e. The summed E-state index contributed by atoms with van der Waals surface area (Å²) in [5.74, 6) is -1.41. The van der Waals surface area contributed by atoms with Crippen molar-refractivity contribution in [2.75, 3.05) is 18.0 Å². The van der Waals surface area contributed by atoms with Crippen LogP contribution in [-0.4, -0.2) is 24.2 Å². The minimum atomic E-state index is -1.05. The third kappa shape index (κ3) is 4.58. The topological polar surface area (TPSA) is 40.5 Å². The summed E-state index contributed by atoms with van der Waals surface area (Å²) < 4.78 is 14.0. The van der Waals surface area contributed by atoms with E-state index in [4.69, 9.17) is 5.11 Å². The highest BCUT2D eigenvalue weighted by atomic mass is 19.1. The summed E-state index contributed by atoms with van der Waals surface area (Å²) in [6.07, 6.45) is 5.00. The molecule has 0 aliphatic heterocycles. The second-order valence-corrected chi connectivity index (χ2v) is 4.12. The second-order valence-electron chi connectivity index (χ2n) is 4.12. The molecular weight excluding hydrogens is 245 g/mol. The van der Waals surface area contributed by atoms with Crippen molar-refractivity contribution in [1.29, 1.82) is 0 Å². The highest BCUT2D eigenvalue weighted by Gasteiger charge is 2.09. The van der Waals surface area contributed by atoms with Crippen LogP contribution in [0.3, 0.4) is 0 Å². The molecule has 0 fully saturated rings. The van der Waals surface area contributed by atoms with Gasteiger partial charge in [0.2, 0.25) is 0 Å². The Morgan fingerprint density at radius 2 is 2.26 bits per heavy atom. The van der Waals surface area contributed by atoms with Gasteiger partial charge in [-0.2, -0.15) is 0 Å². The van der Waals surface area contributed by atoms with Crippen LogP contribution in [0.15, 0.2) is 36.9 Å². The molecule has 0 bridgehead atoms. The summed E-state index contributed by atoms with van der Waals surface area (Å²) in [5, 5.41) is 8.53. The first kappa shape index (κ1) is 15.0. The molecule has 0 aliphatic carbocycles. The number of rotatable bonds is 7. The molecule has 102 valence electrons. The Labute approximate surface area is 112 Å². The lowest BCUT2D eigenvalue weighted by Crippen LogP contribution is -2.24. The minimum Gasteiger partial charge on any atom is -0.478 e. The zero-order valence-corrected chi connectivity index (χ0v) is 11.0. The number of carbonyl (C=O) groups is 1. The average Bonchev–Trinajstić information content (AvgIpc) is 2.36. The van der Waals surface area contributed by atoms with Crippen molar-refractivity contribution >= 4 is 17.7 Å². The number of hydrogen-bond donors (Lipinski definition) is 1. The number of aliphatic carboxylic acids is 1. The fourth-order valence-electron chi connectivity index (χ4n) is 1.79. The molecule has 1 aromatic rings. The average molecular weight is 263 g/mol. The number of halogens is 1. The monoisotopic (exact) mass is 263 g/mol. The first-order chi connectivity index (χ1) is 9.08. The van der Waals surface area contributed by atoms with E-state index >= 15 is 0 Å². The van der Waals surface area contributed by atoms with E-state index in [0.29, 0.717) is 17.8 Å². The molecule has 0 atom stereocenters. The predicted molar refractivity (Wildman–Crippen MR) is 75.8 cm³/mol. The SMILES string of the molecule is C=CCN(CCC)c1ccc(/C=C/C(=O)O)cc1F. The second kappa shape index (κ2) is 7.36. The van der Waals surface area contributed by atoms with Crippen LogP contribution in [0, 0.1) is 5.82 Å². The molecule has 0 saturated heterocycles. The van der Waals surface area contributed by atoms with E-state index in [9.17, 15) is 9.18 Å². The van der Waals surface area contributed by atoms with Crippen molar-refractivity contribution in [1.82, 2.24) is 0 Å². The normalized spacial score (nSPS) is 10.6. The van der Waals surface area contributed by atoms with Gasteiger partial charge in [0.05, 0.1) is 5.69 Å². The standard InChI is InChI=1S/C15H18FNO2/c1-3-9-17(10-4-2)14-7-5-12(11-13(14)16)6-8-15(18)19/h3,5-8,11H,1,4,9-10H2,2H3,(H,18,19)/b8-6+. The van der Waals surface area contributed by atoms with Gasteiger partial charge in [-0.25, -0.2) is 9.18 Å². The van der Waals surface area contributed by atoms with Crippen molar-refractivity contribution < 1.29 is 14.3 Å². The van der Waals surface area contributed by atoms with Gasteiger partial charge in [-0.3, -0.25) is 0 Å². The molecule has 0 aromatic heterocycles. The quantitative estimate of drug-likeness (QED) is 0.606. The summed E-state index contributed by atoms with van der Waals surface area (Å²) >= 11 is 0. The fourth-order valence-corrected chi connectivity index (χ4v) is 1.79. The Bertz CT molecular complexity index is 483. The van der Waals surface area contributed by atoms with Gasteiger partial charge >= 0.3 is 5.97 Å². The lowest BCUT2D eigenvalue weighted by Gasteiger charge is -2.23. The lowest BCUT2D eigenvalue weighted by atomic mass is 10.1. The Kier molecular flexibility index (Phi) is 5.79. The molecule has 0 heterocycles. The van der Waals surface area contributed by atoms with Gasteiger partial charge in [-0.05, 0) is 30.2 Å². The Balaban J connectivity index is 2.97. The molecular formula is C15H18FNO2. The third-order valence-corrected chi connectivity index (χ3v) is 2.57. The smallest absolute Gasteiger partial charge is 0.328 e. The van der Waals surface area contributed by atoms with Crippen molar-refractivity contribution in [2.24, 2.45) is 0 Å². The number of hydrogen-bond acceptors (Lipinski definition) is 2. The molecule has 1 rings (SSSR count). The maximum atomic E-state index is 14.0. The molecule has 0 unspecified atom stereocenters. The molecule has 19 heavy (non-hydrogen) atoms. The fraction of sp³-hybridized carbons (Fsp3) is 0.267. The Morgan fingerprint density at radius 1 is 1.53 bits per heavy atom. The molecule has 0 saturated carbocycles. The van der Waals surface area contributed by atoms with Crippen LogP contribution in [0.2, 0.25) is 0 Å². The number of benzene rings is 1. The zero-order chi connectivity index (χ0) is 14.3. The van der Waals surface area contributed by atoms with Gasteiger partial charge in [-0.1, -0.05) is 19.1 Å². The summed E-state index contributed by atoms with van der Waals surface area (Å²) in [7, 11) is 0. The molecule has 0 amide bonds. The van der Waals surface area contributed by atoms with Gasteiger partial charge in [0.15, 0.2) is 0 Å². The third-order valence-electron chi connectivity index (χ3n) is 2.57. The van der Waals surface area contributed by atoms with Gasteiger partial charge < -0.3 is 10.0 Å². The van der Waals surface area contributed by atoms with Crippen LogP contribution in [0.4, 0.5) is 10.1 Å². The van der Waals surface area contributed by atoms with Gasteiger partial charge in [0.1, 0.15) is 5.82 Å². The van der Waals surface area contributed by atoms with E-state index in [1.165, 1.54) is 12.1 Å². The molecule has 1 aromatic carbocycles.